The number of hydrogen-bond acceptors (Lipinski definition) is 10. The molecule has 0 spiro atoms. The molecule has 0 bridgehead atoms. The van der Waals surface area contributed by atoms with E-state index in [1.165, 1.54) is 51.4 Å². The van der Waals surface area contributed by atoms with Crippen molar-refractivity contribution in [3.8, 4) is 0 Å². The first-order chi connectivity index (χ1) is 33.2. The molecular formula is C57H97NO10. The standard InChI is InChI=1S/C57H97NO10/c1-3-5-7-9-11-13-14-15-16-19-22-25-29-33-37-41-45-53(62)66-46-42-38-34-30-26-23-20-17-18-21-24-28-32-36-40-44-52(61)58-49(50(60)43-39-35-31-27-12-10-8-6-4-2)48-67-57-56(65)55(64)54(63)51(47-59)68-57/h4,6,12-14,16-17,19-20,23,26-27,39,43,49-51,54-57,59-60,63-65H,3,5,7-11,15,18,21-22,24-25,28-38,40-42,44-48H2,1-2H3,(H,58,61)/b6-4+,14-13-,19-16-,20-17-,26-23-,27-12+,43-39+. The van der Waals surface area contributed by atoms with Gasteiger partial charge in [-0.15, -0.1) is 0 Å². The first-order valence-electron chi connectivity index (χ1n) is 26.8. The largest absolute Gasteiger partial charge is 0.466 e. The minimum Gasteiger partial charge on any atom is -0.466 e. The lowest BCUT2D eigenvalue weighted by Crippen LogP contribution is -2.60. The maximum atomic E-state index is 12.9. The average molecular weight is 956 g/mol. The molecule has 11 nitrogen and oxygen atoms in total. The van der Waals surface area contributed by atoms with Crippen molar-refractivity contribution in [2.24, 2.45) is 0 Å². The molecular weight excluding hydrogens is 859 g/mol. The van der Waals surface area contributed by atoms with Crippen LogP contribution in [0.25, 0.3) is 0 Å². The smallest absolute Gasteiger partial charge is 0.305 e. The van der Waals surface area contributed by atoms with Crippen LogP contribution in [0.3, 0.4) is 0 Å². The van der Waals surface area contributed by atoms with Crippen LogP contribution in [0.4, 0.5) is 0 Å². The third kappa shape index (κ3) is 35.9. The van der Waals surface area contributed by atoms with Crippen LogP contribution >= 0.6 is 0 Å². The zero-order valence-electron chi connectivity index (χ0n) is 42.5. The van der Waals surface area contributed by atoms with Crippen molar-refractivity contribution in [3.63, 3.8) is 0 Å². The molecule has 1 saturated heterocycles. The van der Waals surface area contributed by atoms with Crippen LogP contribution in [0.5, 0.6) is 0 Å². The summed E-state index contributed by atoms with van der Waals surface area (Å²) in [7, 11) is 0. The normalized spacial score (nSPS) is 20.1. The molecule has 390 valence electrons. The molecule has 7 atom stereocenters. The number of allylic oxidation sites excluding steroid dienone is 13. The number of carbonyl (C=O) groups excluding carboxylic acids is 2. The van der Waals surface area contributed by atoms with Gasteiger partial charge in [-0.05, 0) is 116 Å². The number of aliphatic hydroxyl groups is 5. The third-order valence-corrected chi connectivity index (χ3v) is 12.1. The number of rotatable bonds is 44. The van der Waals surface area contributed by atoms with E-state index in [4.69, 9.17) is 14.2 Å². The van der Waals surface area contributed by atoms with Gasteiger partial charge >= 0.3 is 5.97 Å². The Balaban J connectivity index is 2.13. The number of nitrogens with one attached hydrogen (secondary N) is 1. The lowest BCUT2D eigenvalue weighted by atomic mass is 9.99. The van der Waals surface area contributed by atoms with Crippen LogP contribution in [-0.4, -0.2) is 100 Å². The highest BCUT2D eigenvalue weighted by molar-refractivity contribution is 5.76. The van der Waals surface area contributed by atoms with Crippen molar-refractivity contribution >= 4 is 11.9 Å². The van der Waals surface area contributed by atoms with E-state index < -0.39 is 49.5 Å². The second-order valence-corrected chi connectivity index (χ2v) is 18.2. The minimum absolute atomic E-state index is 0.0579. The molecule has 0 aliphatic carbocycles. The Morgan fingerprint density at radius 1 is 0.588 bits per heavy atom. The summed E-state index contributed by atoms with van der Waals surface area (Å²) in [5.41, 5.74) is 0. The summed E-state index contributed by atoms with van der Waals surface area (Å²) in [6, 6.07) is -0.852. The predicted octanol–water partition coefficient (Wildman–Crippen LogP) is 11.4. The Labute approximate surface area is 413 Å². The number of hydrogen-bond donors (Lipinski definition) is 6. The molecule has 0 radical (unpaired) electrons. The summed E-state index contributed by atoms with van der Waals surface area (Å²) in [5.74, 6) is -0.284. The Morgan fingerprint density at radius 2 is 1.10 bits per heavy atom. The molecule has 7 unspecified atom stereocenters. The lowest BCUT2D eigenvalue weighted by molar-refractivity contribution is -0.302. The first-order valence-corrected chi connectivity index (χ1v) is 26.8. The molecule has 1 heterocycles. The van der Waals surface area contributed by atoms with E-state index in [0.29, 0.717) is 32.3 Å². The van der Waals surface area contributed by atoms with E-state index in [2.05, 4.69) is 79.1 Å². The molecule has 0 aromatic rings. The molecule has 68 heavy (non-hydrogen) atoms. The maximum absolute atomic E-state index is 12.9. The topological polar surface area (TPSA) is 175 Å². The second-order valence-electron chi connectivity index (χ2n) is 18.2. The van der Waals surface area contributed by atoms with Crippen LogP contribution in [0.2, 0.25) is 0 Å². The lowest BCUT2D eigenvalue weighted by Gasteiger charge is -2.40. The van der Waals surface area contributed by atoms with Gasteiger partial charge in [-0.25, -0.2) is 0 Å². The summed E-state index contributed by atoms with van der Waals surface area (Å²) in [6.07, 6.45) is 51.2. The molecule has 0 aromatic carbocycles. The summed E-state index contributed by atoms with van der Waals surface area (Å²) >= 11 is 0. The zero-order valence-corrected chi connectivity index (χ0v) is 42.5. The van der Waals surface area contributed by atoms with E-state index in [-0.39, 0.29) is 18.5 Å². The molecule has 6 N–H and O–H groups in total. The third-order valence-electron chi connectivity index (χ3n) is 12.1. The highest BCUT2D eigenvalue weighted by atomic mass is 16.7. The fourth-order valence-electron chi connectivity index (χ4n) is 7.73. The summed E-state index contributed by atoms with van der Waals surface area (Å²) in [5, 5.41) is 54.0. The van der Waals surface area contributed by atoms with E-state index in [1.807, 2.05) is 19.1 Å². The monoisotopic (exact) mass is 956 g/mol. The fourth-order valence-corrected chi connectivity index (χ4v) is 7.73. The van der Waals surface area contributed by atoms with Crippen molar-refractivity contribution in [3.05, 3.63) is 85.1 Å². The number of ether oxygens (including phenoxy) is 3. The Morgan fingerprint density at radius 3 is 1.71 bits per heavy atom. The number of aliphatic hydroxyl groups excluding tert-OH is 5. The van der Waals surface area contributed by atoms with Gasteiger partial charge in [0.25, 0.3) is 0 Å². The minimum atomic E-state index is -1.59. The molecule has 1 aliphatic rings. The summed E-state index contributed by atoms with van der Waals surface area (Å²) in [6.45, 7) is 3.96. The van der Waals surface area contributed by atoms with Gasteiger partial charge in [0.05, 0.1) is 32.0 Å². The van der Waals surface area contributed by atoms with Gasteiger partial charge in [-0.2, -0.15) is 0 Å². The van der Waals surface area contributed by atoms with Gasteiger partial charge in [0, 0.05) is 12.8 Å². The second kappa shape index (κ2) is 46.2. The average Bonchev–Trinajstić information content (AvgIpc) is 3.33. The molecule has 0 aromatic heterocycles. The Kier molecular flexibility index (Phi) is 42.7. The van der Waals surface area contributed by atoms with Crippen molar-refractivity contribution < 1.29 is 49.3 Å². The van der Waals surface area contributed by atoms with Gasteiger partial charge in [0.1, 0.15) is 24.4 Å². The SMILES string of the molecule is C/C=C/CC/C=C/CC/C=C/C(O)C(COC1OC(CO)C(O)C(O)C1O)NC(=O)CCCCCCCC/C=C\C=C/CCCCCOC(=O)CCCCCCC/C=C\C/C=C\CCCCCC. The van der Waals surface area contributed by atoms with Crippen molar-refractivity contribution in [1.29, 1.82) is 0 Å². The molecule has 1 rings (SSSR count). The van der Waals surface area contributed by atoms with Gasteiger partial charge in [0.15, 0.2) is 6.29 Å². The van der Waals surface area contributed by atoms with E-state index in [0.717, 1.165) is 109 Å². The molecule has 0 saturated carbocycles. The van der Waals surface area contributed by atoms with Crippen LogP contribution in [0.1, 0.15) is 200 Å². The van der Waals surface area contributed by atoms with Gasteiger partial charge in [-0.3, -0.25) is 9.59 Å². The van der Waals surface area contributed by atoms with Gasteiger partial charge in [-0.1, -0.05) is 156 Å². The van der Waals surface area contributed by atoms with Crippen LogP contribution in [0, 0.1) is 0 Å². The van der Waals surface area contributed by atoms with Crippen molar-refractivity contribution in [1.82, 2.24) is 5.32 Å². The number of carbonyl (C=O) groups is 2. The summed E-state index contributed by atoms with van der Waals surface area (Å²) in [4.78, 5) is 25.0. The van der Waals surface area contributed by atoms with E-state index >= 15 is 0 Å². The predicted molar refractivity (Wildman–Crippen MR) is 278 cm³/mol. The van der Waals surface area contributed by atoms with Crippen molar-refractivity contribution in [2.45, 2.75) is 243 Å². The number of unbranched alkanes of at least 4 members (excludes halogenated alkanes) is 20. The quantitative estimate of drug-likeness (QED) is 0.0149. The van der Waals surface area contributed by atoms with Gasteiger partial charge in [0.2, 0.25) is 5.91 Å². The Hall–Kier alpha value is -3.16. The first kappa shape index (κ1) is 62.9. The van der Waals surface area contributed by atoms with Crippen molar-refractivity contribution in [2.75, 3.05) is 19.8 Å². The Bertz CT molecular complexity index is 1400. The maximum Gasteiger partial charge on any atom is 0.305 e. The van der Waals surface area contributed by atoms with E-state index in [1.54, 1.807) is 6.08 Å². The van der Waals surface area contributed by atoms with Crippen LogP contribution in [-0.2, 0) is 23.8 Å². The van der Waals surface area contributed by atoms with E-state index in [9.17, 15) is 35.1 Å². The molecule has 1 fully saturated rings. The zero-order chi connectivity index (χ0) is 49.6. The van der Waals surface area contributed by atoms with Crippen LogP contribution < -0.4 is 5.32 Å². The molecule has 1 aliphatic heterocycles. The highest BCUT2D eigenvalue weighted by Crippen LogP contribution is 2.22. The van der Waals surface area contributed by atoms with Crippen LogP contribution in [0.15, 0.2) is 85.1 Å². The number of esters is 1. The van der Waals surface area contributed by atoms with Gasteiger partial charge < -0.3 is 45.1 Å². The fraction of sp³-hybridized carbons (Fsp3) is 0.719. The highest BCUT2D eigenvalue weighted by Gasteiger charge is 2.44. The molecule has 11 heteroatoms. The number of amides is 1. The summed E-state index contributed by atoms with van der Waals surface area (Å²) < 4.78 is 16.6. The molecule has 1 amide bonds.